The van der Waals surface area contributed by atoms with Crippen molar-refractivity contribution in [2.24, 2.45) is 0 Å². The van der Waals surface area contributed by atoms with E-state index in [4.69, 9.17) is 4.52 Å². The maximum atomic E-state index is 13.3. The minimum atomic E-state index is -0.720. The van der Waals surface area contributed by atoms with Crippen LogP contribution >= 0.6 is 0 Å². The highest BCUT2D eigenvalue weighted by atomic mass is 19.1. The Morgan fingerprint density at radius 1 is 1.69 bits per heavy atom. The van der Waals surface area contributed by atoms with Crippen LogP contribution in [0.2, 0.25) is 0 Å². The average molecular weight is 227 g/mol. The summed E-state index contributed by atoms with van der Waals surface area (Å²) < 4.78 is 18.5. The van der Waals surface area contributed by atoms with E-state index in [2.05, 4.69) is 15.4 Å². The van der Waals surface area contributed by atoms with Crippen molar-refractivity contribution in [1.82, 2.24) is 15.4 Å². The lowest BCUT2D eigenvalue weighted by molar-refractivity contribution is 0.206. The minimum Gasteiger partial charge on any atom is -0.360 e. The van der Waals surface area contributed by atoms with E-state index in [1.165, 1.54) is 0 Å². The lowest BCUT2D eigenvalue weighted by Gasteiger charge is -2.22. The van der Waals surface area contributed by atoms with Crippen LogP contribution < -0.4 is 5.32 Å². The molecule has 1 aromatic heterocycles. The van der Waals surface area contributed by atoms with Crippen molar-refractivity contribution in [2.75, 3.05) is 20.1 Å². The summed E-state index contributed by atoms with van der Waals surface area (Å²) in [5, 5.41) is 6.93. The molecule has 4 nitrogen and oxygen atoms in total. The normalized spacial score (nSPS) is 26.4. The number of hydrogen-bond acceptors (Lipinski definition) is 4. The number of halogens is 1. The van der Waals surface area contributed by atoms with Gasteiger partial charge in [0.15, 0.2) is 5.76 Å². The Balaban J connectivity index is 1.97. The van der Waals surface area contributed by atoms with Crippen molar-refractivity contribution in [1.29, 1.82) is 0 Å². The molecule has 90 valence electrons. The van der Waals surface area contributed by atoms with Crippen LogP contribution in [0.1, 0.15) is 17.9 Å². The fraction of sp³-hybridized carbons (Fsp3) is 0.727. The van der Waals surface area contributed by atoms with Gasteiger partial charge >= 0.3 is 0 Å². The summed E-state index contributed by atoms with van der Waals surface area (Å²) in [6, 6.07) is 2.16. The van der Waals surface area contributed by atoms with Crippen LogP contribution in [0.25, 0.3) is 0 Å². The summed E-state index contributed by atoms with van der Waals surface area (Å²) in [6.45, 7) is 3.84. The molecule has 2 rings (SSSR count). The molecule has 1 aliphatic heterocycles. The molecule has 0 bridgehead atoms. The molecule has 0 aliphatic carbocycles. The third-order valence-corrected chi connectivity index (χ3v) is 2.95. The number of likely N-dealkylation sites (N-methyl/N-ethyl adjacent to an activating group) is 1. The number of likely N-dealkylation sites (tertiary alicyclic amines) is 1. The van der Waals surface area contributed by atoms with E-state index in [1.54, 1.807) is 0 Å². The Hall–Kier alpha value is -0.940. The molecule has 0 spiro atoms. The van der Waals surface area contributed by atoms with Crippen molar-refractivity contribution >= 4 is 0 Å². The summed E-state index contributed by atoms with van der Waals surface area (Å²) >= 11 is 0. The molecule has 1 fully saturated rings. The van der Waals surface area contributed by atoms with Gasteiger partial charge in [-0.3, -0.25) is 4.90 Å². The van der Waals surface area contributed by atoms with Gasteiger partial charge in [-0.15, -0.1) is 0 Å². The van der Waals surface area contributed by atoms with Gasteiger partial charge in [-0.25, -0.2) is 4.39 Å². The Kier molecular flexibility index (Phi) is 3.56. The van der Waals surface area contributed by atoms with Gasteiger partial charge in [-0.1, -0.05) is 5.16 Å². The lowest BCUT2D eigenvalue weighted by Crippen LogP contribution is -2.36. The third-order valence-electron chi connectivity index (χ3n) is 2.95. The predicted octanol–water partition coefficient (Wildman–Crippen LogP) is 1.11. The van der Waals surface area contributed by atoms with Crippen molar-refractivity contribution in [3.05, 3.63) is 17.5 Å². The number of hydrogen-bond donors (Lipinski definition) is 1. The second-order valence-electron chi connectivity index (χ2n) is 4.41. The van der Waals surface area contributed by atoms with Crippen LogP contribution in [0, 0.1) is 6.92 Å². The largest absolute Gasteiger partial charge is 0.360 e. The number of nitrogens with zero attached hydrogens (tertiary/aromatic N) is 2. The molecule has 2 atom stereocenters. The van der Waals surface area contributed by atoms with Crippen molar-refractivity contribution < 1.29 is 8.91 Å². The molecule has 5 heteroatoms. The molecular formula is C11H18FN3O. The van der Waals surface area contributed by atoms with E-state index >= 15 is 0 Å². The van der Waals surface area contributed by atoms with Gasteiger partial charge in [-0.2, -0.15) is 0 Å². The van der Waals surface area contributed by atoms with E-state index < -0.39 is 6.17 Å². The minimum absolute atomic E-state index is 0.255. The van der Waals surface area contributed by atoms with Crippen LogP contribution in [-0.4, -0.2) is 42.4 Å². The number of nitrogens with one attached hydrogen (secondary N) is 1. The van der Waals surface area contributed by atoms with Crippen LogP contribution in [0.3, 0.4) is 0 Å². The molecule has 0 amide bonds. The first-order valence-corrected chi connectivity index (χ1v) is 5.64. The third kappa shape index (κ3) is 2.59. The van der Waals surface area contributed by atoms with Crippen LogP contribution in [-0.2, 0) is 6.54 Å². The highest BCUT2D eigenvalue weighted by Crippen LogP contribution is 2.22. The monoisotopic (exact) mass is 227 g/mol. The summed E-state index contributed by atoms with van der Waals surface area (Å²) in [5.41, 5.74) is 0.871. The zero-order chi connectivity index (χ0) is 11.5. The molecular weight excluding hydrogens is 209 g/mol. The topological polar surface area (TPSA) is 41.3 Å². The van der Waals surface area contributed by atoms with E-state index in [9.17, 15) is 4.39 Å². The molecule has 0 saturated carbocycles. The first kappa shape index (κ1) is 11.5. The first-order chi connectivity index (χ1) is 7.69. The Morgan fingerprint density at radius 3 is 3.12 bits per heavy atom. The van der Waals surface area contributed by atoms with E-state index in [1.807, 2.05) is 20.0 Å². The fourth-order valence-electron chi connectivity index (χ4n) is 2.26. The standard InChI is InChI=1S/C11H18FN3O/c1-8-3-11(16-14-8)7-15-6-9(12)4-10(15)5-13-2/h3,9-10,13H,4-7H2,1-2H3/t9-,10+/m0/s1. The van der Waals surface area contributed by atoms with Crippen molar-refractivity contribution in [3.63, 3.8) is 0 Å². The van der Waals surface area contributed by atoms with Crippen molar-refractivity contribution in [3.8, 4) is 0 Å². The molecule has 1 aliphatic rings. The quantitative estimate of drug-likeness (QED) is 0.836. The van der Waals surface area contributed by atoms with Gasteiger partial charge in [0.25, 0.3) is 0 Å². The molecule has 0 radical (unpaired) electrons. The maximum Gasteiger partial charge on any atom is 0.150 e. The second-order valence-corrected chi connectivity index (χ2v) is 4.41. The maximum absolute atomic E-state index is 13.3. The van der Waals surface area contributed by atoms with Gasteiger partial charge in [-0.05, 0) is 20.4 Å². The highest BCUT2D eigenvalue weighted by molar-refractivity contribution is 5.04. The molecule has 16 heavy (non-hydrogen) atoms. The smallest absolute Gasteiger partial charge is 0.150 e. The van der Waals surface area contributed by atoms with Crippen LogP contribution in [0.5, 0.6) is 0 Å². The molecule has 1 aromatic rings. The fourth-order valence-corrected chi connectivity index (χ4v) is 2.26. The number of rotatable bonds is 4. The number of alkyl halides is 1. The lowest BCUT2D eigenvalue weighted by atomic mass is 10.2. The summed E-state index contributed by atoms with van der Waals surface area (Å²) in [7, 11) is 1.89. The molecule has 1 saturated heterocycles. The SMILES string of the molecule is CNC[C@H]1C[C@H](F)CN1Cc1cc(C)no1. The highest BCUT2D eigenvalue weighted by Gasteiger charge is 2.32. The van der Waals surface area contributed by atoms with Gasteiger partial charge in [0.2, 0.25) is 0 Å². The first-order valence-electron chi connectivity index (χ1n) is 5.64. The zero-order valence-corrected chi connectivity index (χ0v) is 9.74. The Bertz CT molecular complexity index is 342. The Morgan fingerprint density at radius 2 is 2.50 bits per heavy atom. The second kappa shape index (κ2) is 4.93. The van der Waals surface area contributed by atoms with Gasteiger partial charge in [0, 0.05) is 25.2 Å². The van der Waals surface area contributed by atoms with E-state index in [0.29, 0.717) is 19.5 Å². The Labute approximate surface area is 94.8 Å². The summed E-state index contributed by atoms with van der Waals surface area (Å²) in [6.07, 6.45) is -0.115. The molecule has 0 aromatic carbocycles. The molecule has 1 N–H and O–H groups in total. The molecule has 0 unspecified atom stereocenters. The van der Waals surface area contributed by atoms with Gasteiger partial charge in [0.05, 0.1) is 12.2 Å². The van der Waals surface area contributed by atoms with Crippen LogP contribution in [0.15, 0.2) is 10.6 Å². The van der Waals surface area contributed by atoms with Gasteiger partial charge < -0.3 is 9.84 Å². The summed E-state index contributed by atoms with van der Waals surface area (Å²) in [5.74, 6) is 0.813. The summed E-state index contributed by atoms with van der Waals surface area (Å²) in [4.78, 5) is 2.11. The molecule has 2 heterocycles. The van der Waals surface area contributed by atoms with E-state index in [-0.39, 0.29) is 6.04 Å². The average Bonchev–Trinajstić information content (AvgIpc) is 2.76. The van der Waals surface area contributed by atoms with E-state index in [0.717, 1.165) is 18.0 Å². The van der Waals surface area contributed by atoms with Crippen LogP contribution in [0.4, 0.5) is 4.39 Å². The number of aryl methyl sites for hydroxylation is 1. The van der Waals surface area contributed by atoms with Gasteiger partial charge in [0.1, 0.15) is 6.17 Å². The number of aromatic nitrogens is 1. The predicted molar refractivity (Wildman–Crippen MR) is 58.9 cm³/mol. The van der Waals surface area contributed by atoms with Crippen molar-refractivity contribution in [2.45, 2.75) is 32.1 Å². The zero-order valence-electron chi connectivity index (χ0n) is 9.74.